The van der Waals surface area contributed by atoms with E-state index < -0.39 is 0 Å². The maximum Gasteiger partial charge on any atom is 0.158 e. The molecule has 3 rings (SSSR count). The molecule has 2 aliphatic rings. The van der Waals surface area contributed by atoms with Crippen LogP contribution in [-0.2, 0) is 16.1 Å². The van der Waals surface area contributed by atoms with Crippen molar-refractivity contribution in [2.24, 2.45) is 0 Å². The van der Waals surface area contributed by atoms with Gasteiger partial charge in [-0.2, -0.15) is 0 Å². The maximum absolute atomic E-state index is 6.08. The molecule has 2 unspecified atom stereocenters. The van der Waals surface area contributed by atoms with Crippen molar-refractivity contribution in [1.29, 1.82) is 0 Å². The van der Waals surface area contributed by atoms with E-state index in [9.17, 15) is 0 Å². The summed E-state index contributed by atoms with van der Waals surface area (Å²) < 4.78 is 10.9. The molecule has 5 nitrogen and oxygen atoms in total. The van der Waals surface area contributed by atoms with Crippen LogP contribution in [0.2, 0.25) is 5.15 Å². The maximum atomic E-state index is 6.08. The van der Waals surface area contributed by atoms with Gasteiger partial charge in [-0.1, -0.05) is 11.6 Å². The van der Waals surface area contributed by atoms with Crippen LogP contribution in [-0.4, -0.2) is 42.4 Å². The minimum atomic E-state index is 0.341. The molecule has 1 aliphatic heterocycles. The third kappa shape index (κ3) is 2.68. The minimum absolute atomic E-state index is 0.341. The van der Waals surface area contributed by atoms with E-state index in [2.05, 4.69) is 14.9 Å². The van der Waals surface area contributed by atoms with Crippen LogP contribution in [0.1, 0.15) is 25.1 Å². The highest BCUT2D eigenvalue weighted by atomic mass is 35.5. The molecule has 1 aromatic rings. The summed E-state index contributed by atoms with van der Waals surface area (Å²) in [5.74, 6) is 1.53. The second-order valence-electron chi connectivity index (χ2n) is 5.00. The Bertz CT molecular complexity index is 458. The number of nitrogens with zero attached hydrogens (tertiary/aromatic N) is 3. The summed E-state index contributed by atoms with van der Waals surface area (Å²) in [6.45, 7) is 2.00. The number of methoxy groups -OCH3 is 1. The Kier molecular flexibility index (Phi) is 3.86. The minimum Gasteiger partial charge on any atom is -0.377 e. The Balaban J connectivity index is 1.87. The Labute approximate surface area is 117 Å². The largest absolute Gasteiger partial charge is 0.377 e. The molecule has 104 valence electrons. The second kappa shape index (κ2) is 5.61. The van der Waals surface area contributed by atoms with E-state index in [1.54, 1.807) is 7.11 Å². The molecule has 2 fully saturated rings. The second-order valence-corrected chi connectivity index (χ2v) is 5.39. The van der Waals surface area contributed by atoms with Crippen molar-refractivity contribution in [2.75, 3.05) is 25.2 Å². The average molecular weight is 284 g/mol. The molecule has 0 N–H and O–H groups in total. The lowest BCUT2D eigenvalue weighted by molar-refractivity contribution is 0.0252. The van der Waals surface area contributed by atoms with Gasteiger partial charge < -0.3 is 14.4 Å². The molecule has 0 bridgehead atoms. The topological polar surface area (TPSA) is 47.5 Å². The highest BCUT2D eigenvalue weighted by molar-refractivity contribution is 6.29. The summed E-state index contributed by atoms with van der Waals surface area (Å²) in [4.78, 5) is 11.0. The number of aromatic nitrogens is 2. The van der Waals surface area contributed by atoms with Crippen molar-refractivity contribution in [3.8, 4) is 0 Å². The Hall–Kier alpha value is -0.910. The van der Waals surface area contributed by atoms with Gasteiger partial charge in [0.25, 0.3) is 0 Å². The van der Waals surface area contributed by atoms with Gasteiger partial charge in [0.15, 0.2) is 5.82 Å². The fraction of sp³-hybridized carbons (Fsp3) is 0.692. The van der Waals surface area contributed by atoms with Crippen LogP contribution in [0.4, 0.5) is 5.82 Å². The Morgan fingerprint density at radius 2 is 2.37 bits per heavy atom. The van der Waals surface area contributed by atoms with Gasteiger partial charge in [-0.3, -0.25) is 0 Å². The number of halogens is 1. The van der Waals surface area contributed by atoms with Crippen LogP contribution in [0.25, 0.3) is 0 Å². The first-order chi connectivity index (χ1) is 9.28. The summed E-state index contributed by atoms with van der Waals surface area (Å²) in [5.41, 5.74) is 0. The number of hydrogen-bond donors (Lipinski definition) is 0. The molecule has 0 aromatic carbocycles. The zero-order chi connectivity index (χ0) is 13.2. The van der Waals surface area contributed by atoms with Gasteiger partial charge in [0.05, 0.1) is 18.8 Å². The van der Waals surface area contributed by atoms with Gasteiger partial charge in [0.1, 0.15) is 17.6 Å². The normalized spacial score (nSPS) is 26.5. The van der Waals surface area contributed by atoms with E-state index in [1.807, 2.05) is 6.07 Å². The van der Waals surface area contributed by atoms with E-state index in [0.717, 1.165) is 31.8 Å². The lowest BCUT2D eigenvalue weighted by atomic mass is 10.1. The number of morpholine rings is 1. The molecular formula is C13H18ClN3O2. The highest BCUT2D eigenvalue weighted by Crippen LogP contribution is 2.32. The van der Waals surface area contributed by atoms with Crippen molar-refractivity contribution in [1.82, 2.24) is 9.97 Å². The lowest BCUT2D eigenvalue weighted by Crippen LogP contribution is -2.49. The van der Waals surface area contributed by atoms with Crippen LogP contribution >= 0.6 is 11.6 Å². The van der Waals surface area contributed by atoms with Crippen LogP contribution in [0.5, 0.6) is 0 Å². The molecule has 0 amide bonds. The number of anilines is 1. The van der Waals surface area contributed by atoms with Crippen molar-refractivity contribution in [3.05, 3.63) is 17.0 Å². The molecule has 2 atom stereocenters. The smallest absolute Gasteiger partial charge is 0.158 e. The van der Waals surface area contributed by atoms with Gasteiger partial charge in [0.2, 0.25) is 0 Å². The van der Waals surface area contributed by atoms with Crippen molar-refractivity contribution >= 4 is 17.4 Å². The third-order valence-electron chi connectivity index (χ3n) is 3.78. The first-order valence-electron chi connectivity index (χ1n) is 6.68. The van der Waals surface area contributed by atoms with Crippen LogP contribution in [0, 0.1) is 0 Å². The van der Waals surface area contributed by atoms with E-state index in [0.29, 0.717) is 29.7 Å². The molecule has 0 radical (unpaired) electrons. The van der Waals surface area contributed by atoms with Crippen LogP contribution in [0.15, 0.2) is 6.07 Å². The first-order valence-corrected chi connectivity index (χ1v) is 7.06. The van der Waals surface area contributed by atoms with E-state index in [1.165, 1.54) is 6.42 Å². The van der Waals surface area contributed by atoms with E-state index in [-0.39, 0.29) is 0 Å². The quantitative estimate of drug-likeness (QED) is 0.795. The standard InChI is InChI=1S/C13H18ClN3O2/c1-18-8-12-15-11(14)7-13(16-12)17-5-6-19-10-4-2-3-9(10)17/h7,9-10H,2-6,8H2,1H3. The molecule has 1 saturated heterocycles. The number of hydrogen-bond acceptors (Lipinski definition) is 5. The summed E-state index contributed by atoms with van der Waals surface area (Å²) in [5, 5.41) is 0.470. The third-order valence-corrected chi connectivity index (χ3v) is 3.97. The number of rotatable bonds is 3. The fourth-order valence-electron chi connectivity index (χ4n) is 3.00. The SMILES string of the molecule is COCc1nc(Cl)cc(N2CCOC3CCCC32)n1. The first kappa shape index (κ1) is 13.1. The summed E-state index contributed by atoms with van der Waals surface area (Å²) in [6, 6.07) is 2.26. The van der Waals surface area contributed by atoms with E-state index >= 15 is 0 Å². The zero-order valence-corrected chi connectivity index (χ0v) is 11.8. The molecule has 0 spiro atoms. The van der Waals surface area contributed by atoms with Crippen molar-refractivity contribution < 1.29 is 9.47 Å². The molecule has 6 heteroatoms. The monoisotopic (exact) mass is 283 g/mol. The molecular weight excluding hydrogens is 266 g/mol. The van der Waals surface area contributed by atoms with Crippen LogP contribution < -0.4 is 4.90 Å². The van der Waals surface area contributed by atoms with Gasteiger partial charge in [-0.15, -0.1) is 0 Å². The predicted molar refractivity (Wildman–Crippen MR) is 72.5 cm³/mol. The fourth-order valence-corrected chi connectivity index (χ4v) is 3.20. The number of ether oxygens (including phenoxy) is 2. The zero-order valence-electron chi connectivity index (χ0n) is 11.0. The van der Waals surface area contributed by atoms with Gasteiger partial charge >= 0.3 is 0 Å². The van der Waals surface area contributed by atoms with Gasteiger partial charge in [-0.05, 0) is 19.3 Å². The predicted octanol–water partition coefficient (Wildman–Crippen LogP) is 2.03. The molecule has 2 heterocycles. The van der Waals surface area contributed by atoms with Gasteiger partial charge in [0, 0.05) is 19.7 Å². The number of fused-ring (bicyclic) bond motifs is 1. The van der Waals surface area contributed by atoms with E-state index in [4.69, 9.17) is 21.1 Å². The van der Waals surface area contributed by atoms with Gasteiger partial charge in [-0.25, -0.2) is 9.97 Å². The average Bonchev–Trinajstić information content (AvgIpc) is 2.86. The van der Waals surface area contributed by atoms with Crippen LogP contribution in [0.3, 0.4) is 0 Å². The highest BCUT2D eigenvalue weighted by Gasteiger charge is 2.36. The lowest BCUT2D eigenvalue weighted by Gasteiger charge is -2.38. The summed E-state index contributed by atoms with van der Waals surface area (Å²) in [6.07, 6.45) is 3.86. The molecule has 1 saturated carbocycles. The molecule has 1 aromatic heterocycles. The summed E-state index contributed by atoms with van der Waals surface area (Å²) in [7, 11) is 1.63. The molecule has 1 aliphatic carbocycles. The Morgan fingerprint density at radius 3 is 3.21 bits per heavy atom. The van der Waals surface area contributed by atoms with Crippen molar-refractivity contribution in [3.63, 3.8) is 0 Å². The molecule has 19 heavy (non-hydrogen) atoms. The van der Waals surface area contributed by atoms with Crippen molar-refractivity contribution in [2.45, 2.75) is 38.0 Å². The Morgan fingerprint density at radius 1 is 1.47 bits per heavy atom. The summed E-state index contributed by atoms with van der Waals surface area (Å²) >= 11 is 6.08.